The fraction of sp³-hybridized carbons (Fsp3) is 0.900. The number of hydrogen-bond donors (Lipinski definition) is 5. The molecule has 0 radical (unpaired) electrons. The van der Waals surface area contributed by atoms with E-state index in [9.17, 15) is 39.3 Å². The van der Waals surface area contributed by atoms with Crippen LogP contribution in [-0.2, 0) is 23.6 Å². The van der Waals surface area contributed by atoms with E-state index in [1.54, 1.807) is 0 Å². The number of carbonyl (C=O) groups is 2. The lowest BCUT2D eigenvalue weighted by molar-refractivity contribution is -0.171. The molecule has 0 aromatic heterocycles. The average molecular weight is 749 g/mol. The fourth-order valence-electron chi connectivity index (χ4n) is 6.23. The Kier molecular flexibility index (Phi) is 33.9. The number of Topliss-reactive ketones (excluding diaryl/α,β-unsaturated/α-hetero) is 1. The molecule has 0 aliphatic carbocycles. The van der Waals surface area contributed by atoms with Crippen LogP contribution in [0.3, 0.4) is 0 Å². The third-order valence-corrected chi connectivity index (χ3v) is 10.5. The van der Waals surface area contributed by atoms with Gasteiger partial charge in [-0.15, -0.1) is 0 Å². The summed E-state index contributed by atoms with van der Waals surface area (Å²) in [4.78, 5) is 45.5. The molecule has 4 atom stereocenters. The van der Waals surface area contributed by atoms with Crippen molar-refractivity contribution in [2.45, 2.75) is 218 Å². The average Bonchev–Trinajstić information content (AvgIpc) is 3.10. The first-order valence-electron chi connectivity index (χ1n) is 20.6. The molecule has 0 fully saturated rings. The Balaban J connectivity index is 4.68. The quantitative estimate of drug-likeness (QED) is 0.0177. The lowest BCUT2D eigenvalue weighted by Gasteiger charge is -2.31. The van der Waals surface area contributed by atoms with Gasteiger partial charge in [-0.1, -0.05) is 154 Å². The van der Waals surface area contributed by atoms with Crippen molar-refractivity contribution in [3.05, 3.63) is 12.2 Å². The monoisotopic (exact) mass is 749 g/mol. The molecular weight excluding hydrogens is 671 g/mol. The number of hydrogen-bond acceptors (Lipinski definition) is 8. The second-order valence-corrected chi connectivity index (χ2v) is 16.0. The molecule has 0 saturated heterocycles. The summed E-state index contributed by atoms with van der Waals surface area (Å²) >= 11 is 0. The van der Waals surface area contributed by atoms with Gasteiger partial charge in [0.25, 0.3) is 0 Å². The van der Waals surface area contributed by atoms with Gasteiger partial charge in [0.15, 0.2) is 23.8 Å². The van der Waals surface area contributed by atoms with Gasteiger partial charge >= 0.3 is 13.6 Å². The summed E-state index contributed by atoms with van der Waals surface area (Å²) in [7, 11) is -5.14. The fourth-order valence-corrected chi connectivity index (χ4v) is 7.06. The Morgan fingerprint density at radius 2 is 0.980 bits per heavy atom. The summed E-state index contributed by atoms with van der Waals surface area (Å²) < 4.78 is 22.9. The van der Waals surface area contributed by atoms with E-state index in [1.165, 1.54) is 89.9 Å². The second kappa shape index (κ2) is 34.6. The Bertz CT molecular complexity index is 892. The first-order chi connectivity index (χ1) is 24.6. The highest BCUT2D eigenvalue weighted by Crippen LogP contribution is 2.44. The van der Waals surface area contributed by atoms with Crippen molar-refractivity contribution >= 4 is 19.3 Å². The lowest BCUT2D eigenvalue weighted by Crippen LogP contribution is -2.47. The molecule has 0 bridgehead atoms. The highest BCUT2D eigenvalue weighted by Gasteiger charge is 2.43. The van der Waals surface area contributed by atoms with Crippen LogP contribution in [0, 0.1) is 0 Å². The van der Waals surface area contributed by atoms with Gasteiger partial charge in [-0.05, 0) is 38.5 Å². The number of carbonyl (C=O) groups excluding carboxylic acids is 2. The van der Waals surface area contributed by atoms with Gasteiger partial charge in [0.1, 0.15) is 6.10 Å². The number of ketones is 1. The highest BCUT2D eigenvalue weighted by atomic mass is 31.2. The number of aliphatic hydroxyl groups excluding tert-OH is 3. The molecule has 0 rings (SSSR count). The molecule has 0 aromatic carbocycles. The SMILES string of the molecule is CCCCCCCC/C=C\CCCCCCCC(=O)O[C@@H](CO)C(OC(C(O)CO)P(=O)(O)O)C(=O)CCCCCCCCCCCCCCC. The van der Waals surface area contributed by atoms with Gasteiger partial charge < -0.3 is 34.6 Å². The molecule has 10 nitrogen and oxygen atoms in total. The van der Waals surface area contributed by atoms with Crippen LogP contribution < -0.4 is 0 Å². The number of ether oxygens (including phenoxy) is 2. The molecular formula is C40H77O10P. The number of unbranched alkanes of at least 4 members (excludes halogenated alkanes) is 23. The number of rotatable bonds is 38. The third kappa shape index (κ3) is 29.0. The van der Waals surface area contributed by atoms with Crippen LogP contribution in [0.1, 0.15) is 194 Å². The summed E-state index contributed by atoms with van der Waals surface area (Å²) in [5.74, 6) is -3.46. The summed E-state index contributed by atoms with van der Waals surface area (Å²) in [5.41, 5.74) is 0. The van der Waals surface area contributed by atoms with E-state index in [4.69, 9.17) is 9.47 Å². The molecule has 0 spiro atoms. The second-order valence-electron chi connectivity index (χ2n) is 14.3. The topological polar surface area (TPSA) is 171 Å². The largest absolute Gasteiger partial charge is 0.457 e. The van der Waals surface area contributed by atoms with Crippen LogP contribution in [0.15, 0.2) is 12.2 Å². The molecule has 0 aromatic rings. The van der Waals surface area contributed by atoms with Crippen molar-refractivity contribution in [3.8, 4) is 0 Å². The van der Waals surface area contributed by atoms with Crippen LogP contribution in [0.25, 0.3) is 0 Å². The molecule has 11 heteroatoms. The van der Waals surface area contributed by atoms with E-state index in [1.807, 2.05) is 0 Å². The van der Waals surface area contributed by atoms with Gasteiger partial charge in [0.2, 0.25) is 0 Å². The normalized spacial score (nSPS) is 14.5. The predicted molar refractivity (Wildman–Crippen MR) is 206 cm³/mol. The van der Waals surface area contributed by atoms with Crippen molar-refractivity contribution in [1.82, 2.24) is 0 Å². The van der Waals surface area contributed by atoms with Crippen molar-refractivity contribution in [2.24, 2.45) is 0 Å². The maximum absolute atomic E-state index is 13.3. The lowest BCUT2D eigenvalue weighted by atomic mass is 10.0. The Hall–Kier alpha value is -1.13. The van der Waals surface area contributed by atoms with E-state index in [-0.39, 0.29) is 12.8 Å². The summed E-state index contributed by atoms with van der Waals surface area (Å²) in [5, 5.41) is 29.5. The molecule has 302 valence electrons. The van der Waals surface area contributed by atoms with Crippen molar-refractivity contribution in [3.63, 3.8) is 0 Å². The zero-order valence-corrected chi connectivity index (χ0v) is 33.3. The van der Waals surface area contributed by atoms with Crippen LogP contribution >= 0.6 is 7.60 Å². The number of allylic oxidation sites excluding steroid dienone is 2. The predicted octanol–water partition coefficient (Wildman–Crippen LogP) is 9.22. The maximum Gasteiger partial charge on any atom is 0.356 e. The zero-order chi connectivity index (χ0) is 38.0. The molecule has 3 unspecified atom stereocenters. The molecule has 0 heterocycles. The third-order valence-electron chi connectivity index (χ3n) is 9.42. The highest BCUT2D eigenvalue weighted by molar-refractivity contribution is 7.52. The van der Waals surface area contributed by atoms with E-state index < -0.39 is 56.7 Å². The van der Waals surface area contributed by atoms with Crippen molar-refractivity contribution in [2.75, 3.05) is 13.2 Å². The van der Waals surface area contributed by atoms with Gasteiger partial charge in [0, 0.05) is 12.8 Å². The maximum atomic E-state index is 13.3. The van der Waals surface area contributed by atoms with Gasteiger partial charge in [-0.2, -0.15) is 0 Å². The standard InChI is InChI=1S/C40H77O10P/c1-3-5-7-9-11-13-15-17-18-20-22-24-26-28-30-32-38(45)49-37(34-42)39(50-40(36(44)33-41)51(46,47)48)35(43)31-29-27-25-23-21-19-16-14-12-10-8-6-4-2/h17-18,36-37,39-42,44H,3-16,19-34H2,1-2H3,(H2,46,47,48)/b18-17-/t36?,37-,39?,40?/m0/s1. The minimum Gasteiger partial charge on any atom is -0.457 e. The zero-order valence-electron chi connectivity index (χ0n) is 32.4. The van der Waals surface area contributed by atoms with Crippen molar-refractivity contribution < 1.29 is 48.7 Å². The Morgan fingerprint density at radius 1 is 0.588 bits per heavy atom. The van der Waals surface area contributed by atoms with E-state index >= 15 is 0 Å². The van der Waals surface area contributed by atoms with E-state index in [2.05, 4.69) is 26.0 Å². The van der Waals surface area contributed by atoms with Crippen LogP contribution in [0.4, 0.5) is 0 Å². The van der Waals surface area contributed by atoms with Gasteiger partial charge in [-0.3, -0.25) is 14.2 Å². The Labute approximate surface area is 310 Å². The molecule has 51 heavy (non-hydrogen) atoms. The molecule has 5 N–H and O–H groups in total. The van der Waals surface area contributed by atoms with E-state index in [0.717, 1.165) is 64.2 Å². The minimum absolute atomic E-state index is 0.00614. The minimum atomic E-state index is -5.14. The van der Waals surface area contributed by atoms with Gasteiger partial charge in [0.05, 0.1) is 13.2 Å². The Morgan fingerprint density at radius 3 is 1.37 bits per heavy atom. The summed E-state index contributed by atoms with van der Waals surface area (Å²) in [6.45, 7) is 2.62. The van der Waals surface area contributed by atoms with Crippen molar-refractivity contribution in [1.29, 1.82) is 0 Å². The van der Waals surface area contributed by atoms with E-state index in [0.29, 0.717) is 12.8 Å². The van der Waals surface area contributed by atoms with Crippen LogP contribution in [0.5, 0.6) is 0 Å². The summed E-state index contributed by atoms with van der Waals surface area (Å²) in [6.07, 6.45) is 28.5. The molecule has 0 aliphatic rings. The van der Waals surface area contributed by atoms with Crippen LogP contribution in [0.2, 0.25) is 0 Å². The molecule has 0 amide bonds. The molecule has 0 saturated carbocycles. The smallest absolute Gasteiger partial charge is 0.356 e. The first-order valence-corrected chi connectivity index (χ1v) is 22.3. The van der Waals surface area contributed by atoms with Gasteiger partial charge in [-0.25, -0.2) is 0 Å². The molecule has 0 aliphatic heterocycles. The van der Waals surface area contributed by atoms with Crippen LogP contribution in [-0.4, -0.2) is 74.2 Å². The first kappa shape index (κ1) is 49.9. The number of esters is 1. The summed E-state index contributed by atoms with van der Waals surface area (Å²) in [6, 6.07) is 0. The number of aliphatic hydroxyl groups is 3.